The molecule has 0 aromatic heterocycles. The third-order valence-electron chi connectivity index (χ3n) is 4.14. The molecule has 4 nitrogen and oxygen atoms in total. The number of hydrogen-bond acceptors (Lipinski definition) is 2. The number of amides is 3. The van der Waals surface area contributed by atoms with E-state index in [0.717, 1.165) is 19.3 Å². The molecule has 3 atom stereocenters. The van der Waals surface area contributed by atoms with Gasteiger partial charge in [0.1, 0.15) is 6.04 Å². The van der Waals surface area contributed by atoms with Crippen molar-refractivity contribution in [3.8, 4) is 0 Å². The van der Waals surface area contributed by atoms with Crippen molar-refractivity contribution >= 4 is 11.9 Å². The Morgan fingerprint density at radius 3 is 2.73 bits per heavy atom. The summed E-state index contributed by atoms with van der Waals surface area (Å²) in [5.74, 6) is 0.565. The number of rotatable bonds is 0. The zero-order valence-corrected chi connectivity index (χ0v) is 8.74. The van der Waals surface area contributed by atoms with Crippen molar-refractivity contribution in [2.75, 3.05) is 0 Å². The Morgan fingerprint density at radius 2 is 1.87 bits per heavy atom. The van der Waals surface area contributed by atoms with Crippen LogP contribution >= 0.6 is 0 Å². The smallest absolute Gasteiger partial charge is 0.309 e. The van der Waals surface area contributed by atoms with Gasteiger partial charge in [-0.05, 0) is 31.6 Å². The number of nitrogens with zero attached hydrogens (tertiary/aromatic N) is 1. The molecule has 0 bridgehead atoms. The second-order valence-electron chi connectivity index (χ2n) is 4.91. The Morgan fingerprint density at radius 1 is 1.07 bits per heavy atom. The highest BCUT2D eigenvalue weighted by Crippen LogP contribution is 2.39. The summed E-state index contributed by atoms with van der Waals surface area (Å²) in [6.45, 7) is 0. The Labute approximate surface area is 89.0 Å². The summed E-state index contributed by atoms with van der Waals surface area (Å²) in [7, 11) is 0. The van der Waals surface area contributed by atoms with Crippen LogP contribution < -0.4 is 5.32 Å². The zero-order chi connectivity index (χ0) is 10.4. The van der Waals surface area contributed by atoms with Gasteiger partial charge >= 0.3 is 6.03 Å². The first-order chi connectivity index (χ1) is 7.27. The molecule has 0 spiro atoms. The Hall–Kier alpha value is -1.06. The molecule has 0 aromatic rings. The van der Waals surface area contributed by atoms with Crippen LogP contribution in [-0.2, 0) is 4.79 Å². The summed E-state index contributed by atoms with van der Waals surface area (Å²) >= 11 is 0. The summed E-state index contributed by atoms with van der Waals surface area (Å²) in [6, 6.07) is 0.0300. The highest BCUT2D eigenvalue weighted by atomic mass is 16.2. The summed E-state index contributed by atoms with van der Waals surface area (Å²) < 4.78 is 0. The fraction of sp³-hybridized carbons (Fsp3) is 0.818. The fourth-order valence-corrected chi connectivity index (χ4v) is 3.44. The van der Waals surface area contributed by atoms with Crippen molar-refractivity contribution in [3.05, 3.63) is 0 Å². The third kappa shape index (κ3) is 1.27. The summed E-state index contributed by atoms with van der Waals surface area (Å²) in [5, 5.41) is 2.44. The normalized spacial score (nSPS) is 39.7. The molecular weight excluding hydrogens is 192 g/mol. The summed E-state index contributed by atoms with van der Waals surface area (Å²) in [5.41, 5.74) is 0. The van der Waals surface area contributed by atoms with Gasteiger partial charge in [0.25, 0.3) is 5.91 Å². The minimum Gasteiger partial charge on any atom is -0.309 e. The lowest BCUT2D eigenvalue weighted by atomic mass is 9.77. The number of urea groups is 1. The predicted octanol–water partition coefficient (Wildman–Crippen LogP) is 1.26. The van der Waals surface area contributed by atoms with Crippen molar-refractivity contribution in [1.82, 2.24) is 10.2 Å². The number of imide groups is 1. The Balaban J connectivity index is 1.88. The lowest BCUT2D eigenvalue weighted by Crippen LogP contribution is -2.52. The molecule has 0 radical (unpaired) electrons. The molecule has 1 N–H and O–H groups in total. The largest absolute Gasteiger partial charge is 0.325 e. The van der Waals surface area contributed by atoms with Crippen LogP contribution in [0, 0.1) is 5.92 Å². The molecule has 4 heteroatoms. The molecule has 82 valence electrons. The molecule has 3 rings (SSSR count). The Bertz CT molecular complexity index is 316. The van der Waals surface area contributed by atoms with Gasteiger partial charge in [0.05, 0.1) is 0 Å². The minimum absolute atomic E-state index is 0.0796. The highest BCUT2D eigenvalue weighted by Gasteiger charge is 2.48. The molecule has 2 aliphatic heterocycles. The number of hydrogen-bond donors (Lipinski definition) is 1. The number of carbonyl (C=O) groups excluding carboxylic acids is 2. The zero-order valence-electron chi connectivity index (χ0n) is 8.74. The molecule has 3 unspecified atom stereocenters. The maximum absolute atomic E-state index is 11.7. The van der Waals surface area contributed by atoms with Crippen molar-refractivity contribution in [2.45, 2.75) is 50.6 Å². The lowest BCUT2D eigenvalue weighted by Gasteiger charge is -2.43. The van der Waals surface area contributed by atoms with E-state index in [1.54, 1.807) is 0 Å². The first-order valence-electron chi connectivity index (χ1n) is 5.90. The predicted molar refractivity (Wildman–Crippen MR) is 54.1 cm³/mol. The quantitative estimate of drug-likeness (QED) is 0.609. The number of carbonyl (C=O) groups is 2. The summed E-state index contributed by atoms with van der Waals surface area (Å²) in [4.78, 5) is 25.0. The van der Waals surface area contributed by atoms with Crippen LogP contribution in [0.2, 0.25) is 0 Å². The van der Waals surface area contributed by atoms with Gasteiger partial charge in [0.15, 0.2) is 0 Å². The first-order valence-corrected chi connectivity index (χ1v) is 5.90. The van der Waals surface area contributed by atoms with E-state index < -0.39 is 0 Å². The summed E-state index contributed by atoms with van der Waals surface area (Å²) in [6.07, 6.45) is 6.78. The maximum Gasteiger partial charge on any atom is 0.325 e. The van der Waals surface area contributed by atoms with Gasteiger partial charge < -0.3 is 4.90 Å². The second-order valence-corrected chi connectivity index (χ2v) is 4.91. The number of fused-ring (bicyclic) bond motifs is 3. The van der Waals surface area contributed by atoms with Crippen molar-refractivity contribution in [2.24, 2.45) is 5.92 Å². The molecule has 1 aliphatic carbocycles. The molecule has 3 fully saturated rings. The van der Waals surface area contributed by atoms with E-state index >= 15 is 0 Å². The monoisotopic (exact) mass is 208 g/mol. The SMILES string of the molecule is O=C1NC(=O)N2C1CCC1CCCCC12. The molecule has 3 amide bonds. The number of piperidine rings is 1. The van der Waals surface area contributed by atoms with Gasteiger partial charge in [-0.2, -0.15) is 0 Å². The second kappa shape index (κ2) is 3.22. The van der Waals surface area contributed by atoms with Gasteiger partial charge in [-0.15, -0.1) is 0 Å². The average molecular weight is 208 g/mol. The van der Waals surface area contributed by atoms with Crippen LogP contribution in [0.4, 0.5) is 4.79 Å². The van der Waals surface area contributed by atoms with Crippen LogP contribution in [0.15, 0.2) is 0 Å². The standard InChI is InChI=1S/C11H16N2O2/c14-10-9-6-5-7-3-1-2-4-8(7)13(9)11(15)12-10/h7-9H,1-6H2,(H,12,14,15). The topological polar surface area (TPSA) is 49.4 Å². The van der Waals surface area contributed by atoms with E-state index in [0.29, 0.717) is 12.0 Å². The van der Waals surface area contributed by atoms with Crippen LogP contribution in [0.5, 0.6) is 0 Å². The van der Waals surface area contributed by atoms with Gasteiger partial charge in [-0.3, -0.25) is 10.1 Å². The van der Waals surface area contributed by atoms with Crippen molar-refractivity contribution < 1.29 is 9.59 Å². The van der Waals surface area contributed by atoms with Crippen molar-refractivity contribution in [3.63, 3.8) is 0 Å². The van der Waals surface area contributed by atoms with E-state index in [-0.39, 0.29) is 18.0 Å². The number of nitrogens with one attached hydrogen (secondary N) is 1. The Kier molecular flexibility index (Phi) is 1.97. The molecule has 0 aromatic carbocycles. The van der Waals surface area contributed by atoms with Crippen molar-refractivity contribution in [1.29, 1.82) is 0 Å². The average Bonchev–Trinajstić information content (AvgIpc) is 2.55. The van der Waals surface area contributed by atoms with Gasteiger partial charge in [0, 0.05) is 6.04 Å². The molecular formula is C11H16N2O2. The van der Waals surface area contributed by atoms with Gasteiger partial charge in [-0.25, -0.2) is 4.79 Å². The van der Waals surface area contributed by atoms with Crippen LogP contribution in [0.3, 0.4) is 0 Å². The van der Waals surface area contributed by atoms with E-state index in [4.69, 9.17) is 0 Å². The molecule has 15 heavy (non-hydrogen) atoms. The van der Waals surface area contributed by atoms with Crippen LogP contribution in [-0.4, -0.2) is 28.9 Å². The first kappa shape index (κ1) is 9.19. The van der Waals surface area contributed by atoms with Crippen LogP contribution in [0.1, 0.15) is 38.5 Å². The minimum atomic E-state index is -0.156. The van der Waals surface area contributed by atoms with E-state index in [2.05, 4.69) is 5.32 Å². The molecule has 2 saturated heterocycles. The van der Waals surface area contributed by atoms with Gasteiger partial charge in [0.2, 0.25) is 0 Å². The molecule has 1 saturated carbocycles. The molecule has 2 heterocycles. The lowest BCUT2D eigenvalue weighted by molar-refractivity contribution is -0.123. The molecule has 3 aliphatic rings. The van der Waals surface area contributed by atoms with E-state index in [1.165, 1.54) is 19.3 Å². The van der Waals surface area contributed by atoms with Crippen LogP contribution in [0.25, 0.3) is 0 Å². The third-order valence-corrected chi connectivity index (χ3v) is 4.14. The van der Waals surface area contributed by atoms with Gasteiger partial charge in [-0.1, -0.05) is 12.8 Å². The maximum atomic E-state index is 11.7. The van der Waals surface area contributed by atoms with E-state index in [9.17, 15) is 9.59 Å². The fourth-order valence-electron chi connectivity index (χ4n) is 3.44. The highest BCUT2D eigenvalue weighted by molar-refractivity contribution is 6.04. The van der Waals surface area contributed by atoms with E-state index in [1.807, 2.05) is 4.90 Å².